The third kappa shape index (κ3) is 5.22. The number of carbonyl (C=O) groups is 1. The van der Waals surface area contributed by atoms with E-state index in [1.807, 2.05) is 55.1 Å². The van der Waals surface area contributed by atoms with Crippen LogP contribution in [-0.2, 0) is 11.3 Å². The summed E-state index contributed by atoms with van der Waals surface area (Å²) in [6.07, 6.45) is 0. The first-order valence-corrected chi connectivity index (χ1v) is 10.5. The van der Waals surface area contributed by atoms with Crippen LogP contribution in [-0.4, -0.2) is 50.2 Å². The highest BCUT2D eigenvalue weighted by molar-refractivity contribution is 6.30. The third-order valence-electron chi connectivity index (χ3n) is 5.15. The van der Waals surface area contributed by atoms with Crippen molar-refractivity contribution in [2.45, 2.75) is 27.4 Å². The van der Waals surface area contributed by atoms with Crippen LogP contribution in [0.5, 0.6) is 5.75 Å². The fourth-order valence-corrected chi connectivity index (χ4v) is 3.76. The van der Waals surface area contributed by atoms with E-state index in [0.717, 1.165) is 35.1 Å². The third-order valence-corrected chi connectivity index (χ3v) is 5.38. The second kappa shape index (κ2) is 9.99. The topological polar surface area (TPSA) is 42.0 Å². The molecule has 0 unspecified atom stereocenters. The fourth-order valence-electron chi connectivity index (χ4n) is 3.59. The number of piperazine rings is 1. The standard InChI is InChI=1S/C23H29ClN2O3/c1-4-28-16-19-14-18(7-9-22(19)29-5-2)23(27)26-12-10-25(11-13-26)21-15-20(24)8-6-17(21)3/h6-9,14-15H,4-5,10-13,16H2,1-3H3. The zero-order valence-corrected chi connectivity index (χ0v) is 18.2. The van der Waals surface area contributed by atoms with Crippen molar-refractivity contribution in [1.82, 2.24) is 4.90 Å². The van der Waals surface area contributed by atoms with Gasteiger partial charge in [-0.2, -0.15) is 0 Å². The van der Waals surface area contributed by atoms with E-state index in [9.17, 15) is 4.79 Å². The number of carbonyl (C=O) groups excluding carboxylic acids is 1. The normalized spacial score (nSPS) is 14.2. The van der Waals surface area contributed by atoms with Crippen LogP contribution in [0.1, 0.15) is 35.3 Å². The average molecular weight is 417 g/mol. The summed E-state index contributed by atoms with van der Waals surface area (Å²) in [5, 5.41) is 0.736. The number of benzene rings is 2. The van der Waals surface area contributed by atoms with Gasteiger partial charge in [0.05, 0.1) is 13.2 Å². The van der Waals surface area contributed by atoms with Crippen LogP contribution >= 0.6 is 11.6 Å². The lowest BCUT2D eigenvalue weighted by Gasteiger charge is -2.37. The highest BCUT2D eigenvalue weighted by atomic mass is 35.5. The maximum absolute atomic E-state index is 13.1. The first-order valence-electron chi connectivity index (χ1n) is 10.2. The summed E-state index contributed by atoms with van der Waals surface area (Å²) in [7, 11) is 0. The lowest BCUT2D eigenvalue weighted by Crippen LogP contribution is -2.49. The van der Waals surface area contributed by atoms with Gasteiger partial charge in [-0.3, -0.25) is 4.79 Å². The van der Waals surface area contributed by atoms with Gasteiger partial charge in [0, 0.05) is 54.6 Å². The molecule has 1 fully saturated rings. The predicted molar refractivity (Wildman–Crippen MR) is 117 cm³/mol. The predicted octanol–water partition coefficient (Wildman–Crippen LogP) is 4.55. The molecule has 0 spiro atoms. The average Bonchev–Trinajstić information content (AvgIpc) is 2.74. The van der Waals surface area contributed by atoms with Gasteiger partial charge < -0.3 is 19.3 Å². The number of hydrogen-bond donors (Lipinski definition) is 0. The fraction of sp³-hybridized carbons (Fsp3) is 0.435. The second-order valence-corrected chi connectivity index (χ2v) is 7.54. The van der Waals surface area contributed by atoms with Gasteiger partial charge in [-0.05, 0) is 56.7 Å². The number of anilines is 1. The molecule has 0 bridgehead atoms. The molecule has 1 aliphatic heterocycles. The monoisotopic (exact) mass is 416 g/mol. The molecule has 0 N–H and O–H groups in total. The molecular weight excluding hydrogens is 388 g/mol. The van der Waals surface area contributed by atoms with Crippen molar-refractivity contribution in [3.63, 3.8) is 0 Å². The van der Waals surface area contributed by atoms with E-state index in [-0.39, 0.29) is 5.91 Å². The van der Waals surface area contributed by atoms with E-state index < -0.39 is 0 Å². The Hall–Kier alpha value is -2.24. The van der Waals surface area contributed by atoms with Crippen molar-refractivity contribution in [2.24, 2.45) is 0 Å². The molecule has 5 nitrogen and oxygen atoms in total. The summed E-state index contributed by atoms with van der Waals surface area (Å²) in [5.74, 6) is 0.826. The van der Waals surface area contributed by atoms with Crippen molar-refractivity contribution < 1.29 is 14.3 Å². The van der Waals surface area contributed by atoms with Crippen LogP contribution in [0.15, 0.2) is 36.4 Å². The second-order valence-electron chi connectivity index (χ2n) is 7.10. The summed E-state index contributed by atoms with van der Waals surface area (Å²) in [5.41, 5.74) is 3.93. The largest absolute Gasteiger partial charge is 0.494 e. The van der Waals surface area contributed by atoms with Gasteiger partial charge in [-0.1, -0.05) is 17.7 Å². The number of ether oxygens (including phenoxy) is 2. The first kappa shape index (κ1) is 21.5. The van der Waals surface area contributed by atoms with Crippen LogP contribution in [0, 0.1) is 6.92 Å². The molecule has 6 heteroatoms. The number of hydrogen-bond acceptors (Lipinski definition) is 4. The number of aryl methyl sites for hydroxylation is 1. The van der Waals surface area contributed by atoms with E-state index in [1.54, 1.807) is 0 Å². The van der Waals surface area contributed by atoms with Gasteiger partial charge in [0.25, 0.3) is 5.91 Å². The van der Waals surface area contributed by atoms with Crippen molar-refractivity contribution in [3.8, 4) is 5.75 Å². The van der Waals surface area contributed by atoms with E-state index in [0.29, 0.717) is 38.5 Å². The maximum atomic E-state index is 13.1. The van der Waals surface area contributed by atoms with Gasteiger partial charge >= 0.3 is 0 Å². The lowest BCUT2D eigenvalue weighted by molar-refractivity contribution is 0.0746. The molecule has 2 aromatic rings. The molecule has 1 amide bonds. The molecular formula is C23H29ClN2O3. The van der Waals surface area contributed by atoms with Gasteiger partial charge in [0.15, 0.2) is 0 Å². The minimum Gasteiger partial charge on any atom is -0.494 e. The van der Waals surface area contributed by atoms with Crippen molar-refractivity contribution >= 4 is 23.2 Å². The van der Waals surface area contributed by atoms with Crippen molar-refractivity contribution in [2.75, 3.05) is 44.3 Å². The number of amides is 1. The Morgan fingerprint density at radius 2 is 1.79 bits per heavy atom. The minimum atomic E-state index is 0.0493. The summed E-state index contributed by atoms with van der Waals surface area (Å²) >= 11 is 6.17. The van der Waals surface area contributed by atoms with Gasteiger partial charge in [0.1, 0.15) is 5.75 Å². The van der Waals surface area contributed by atoms with E-state index >= 15 is 0 Å². The molecule has 3 rings (SSSR count). The Morgan fingerprint density at radius 1 is 1.03 bits per heavy atom. The Kier molecular flexibility index (Phi) is 7.40. The SMILES string of the molecule is CCOCc1cc(C(=O)N2CCN(c3cc(Cl)ccc3C)CC2)ccc1OCC. The van der Waals surface area contributed by atoms with Crippen LogP contribution in [0.25, 0.3) is 0 Å². The van der Waals surface area contributed by atoms with Gasteiger partial charge in [-0.15, -0.1) is 0 Å². The van der Waals surface area contributed by atoms with Crippen LogP contribution in [0.3, 0.4) is 0 Å². The van der Waals surface area contributed by atoms with Crippen molar-refractivity contribution in [3.05, 3.63) is 58.1 Å². The number of rotatable bonds is 7. The molecule has 1 aliphatic rings. The Bertz CT molecular complexity index is 848. The maximum Gasteiger partial charge on any atom is 0.253 e. The highest BCUT2D eigenvalue weighted by Crippen LogP contribution is 2.26. The molecule has 0 aliphatic carbocycles. The molecule has 29 heavy (non-hydrogen) atoms. The quantitative estimate of drug-likeness (QED) is 0.664. The molecule has 2 aromatic carbocycles. The first-order chi connectivity index (χ1) is 14.0. The Labute approximate surface area is 178 Å². The smallest absolute Gasteiger partial charge is 0.253 e. The minimum absolute atomic E-state index is 0.0493. The zero-order chi connectivity index (χ0) is 20.8. The molecule has 0 atom stereocenters. The zero-order valence-electron chi connectivity index (χ0n) is 17.4. The van der Waals surface area contributed by atoms with Crippen LogP contribution < -0.4 is 9.64 Å². The molecule has 156 valence electrons. The molecule has 0 aromatic heterocycles. The van der Waals surface area contributed by atoms with Gasteiger partial charge in [-0.25, -0.2) is 0 Å². The summed E-state index contributed by atoms with van der Waals surface area (Å²) in [6.45, 7) is 10.6. The van der Waals surface area contributed by atoms with Gasteiger partial charge in [0.2, 0.25) is 0 Å². The number of halogens is 1. The highest BCUT2D eigenvalue weighted by Gasteiger charge is 2.24. The van der Waals surface area contributed by atoms with E-state index in [1.165, 1.54) is 5.56 Å². The van der Waals surface area contributed by atoms with Crippen LogP contribution in [0.2, 0.25) is 5.02 Å². The number of nitrogens with zero attached hydrogens (tertiary/aromatic N) is 2. The molecule has 0 radical (unpaired) electrons. The Balaban J connectivity index is 1.69. The van der Waals surface area contributed by atoms with Crippen molar-refractivity contribution in [1.29, 1.82) is 0 Å². The van der Waals surface area contributed by atoms with E-state index in [4.69, 9.17) is 21.1 Å². The Morgan fingerprint density at radius 3 is 2.48 bits per heavy atom. The molecule has 1 saturated heterocycles. The summed E-state index contributed by atoms with van der Waals surface area (Å²) in [4.78, 5) is 17.3. The molecule has 0 saturated carbocycles. The van der Waals surface area contributed by atoms with E-state index in [2.05, 4.69) is 11.8 Å². The molecule has 1 heterocycles. The summed E-state index contributed by atoms with van der Waals surface area (Å²) in [6, 6.07) is 11.6. The van der Waals surface area contributed by atoms with Crippen LogP contribution in [0.4, 0.5) is 5.69 Å². The lowest BCUT2D eigenvalue weighted by atomic mass is 10.1. The summed E-state index contributed by atoms with van der Waals surface area (Å²) < 4.78 is 11.2.